The standard InChI is InChI=1S/C21H22ClN5O5S2/c1-14-12-13-23-21(24-14)26-34(31,32)19-10-6-17(7-11-19)25-20(28)15(2)27(33(3,29)30)18-8-4-16(22)5-9-18/h4-13,15H,1-3H3,(H,25,28)(H,23,24,26)/t15-/m1/s1. The number of carbonyl (C=O) groups is 1. The molecule has 0 bridgehead atoms. The molecule has 0 aliphatic heterocycles. The number of rotatable bonds is 8. The first-order valence-corrected chi connectivity index (χ1v) is 13.6. The molecule has 0 saturated carbocycles. The number of halogens is 1. The van der Waals surface area contributed by atoms with Crippen LogP contribution >= 0.6 is 11.6 Å². The van der Waals surface area contributed by atoms with Crippen molar-refractivity contribution >= 4 is 54.9 Å². The summed E-state index contributed by atoms with van der Waals surface area (Å²) in [6.45, 7) is 3.14. The second-order valence-corrected chi connectivity index (χ2v) is 11.3. The van der Waals surface area contributed by atoms with Gasteiger partial charge in [0.25, 0.3) is 10.0 Å². The second kappa shape index (κ2) is 9.95. The minimum absolute atomic E-state index is 0.0609. The molecule has 0 radical (unpaired) electrons. The first kappa shape index (κ1) is 25.4. The third-order valence-corrected chi connectivity index (χ3v) is 7.46. The summed E-state index contributed by atoms with van der Waals surface area (Å²) in [7, 11) is -7.75. The van der Waals surface area contributed by atoms with Crippen LogP contribution in [0.25, 0.3) is 0 Å². The predicted molar refractivity (Wildman–Crippen MR) is 131 cm³/mol. The number of carbonyl (C=O) groups excluding carboxylic acids is 1. The topological polar surface area (TPSA) is 138 Å². The lowest BCUT2D eigenvalue weighted by Gasteiger charge is -2.28. The molecule has 2 N–H and O–H groups in total. The lowest BCUT2D eigenvalue weighted by molar-refractivity contribution is -0.116. The smallest absolute Gasteiger partial charge is 0.264 e. The van der Waals surface area contributed by atoms with Crippen LogP contribution in [0.1, 0.15) is 12.6 Å². The SMILES string of the molecule is Cc1ccnc(NS(=O)(=O)c2ccc(NC(=O)[C@@H](C)N(c3ccc(Cl)cc3)S(C)(=O)=O)cc2)n1. The van der Waals surface area contributed by atoms with Crippen molar-refractivity contribution in [1.29, 1.82) is 0 Å². The van der Waals surface area contributed by atoms with Gasteiger partial charge in [-0.15, -0.1) is 0 Å². The number of anilines is 3. The maximum absolute atomic E-state index is 12.8. The van der Waals surface area contributed by atoms with E-state index in [9.17, 15) is 21.6 Å². The van der Waals surface area contributed by atoms with E-state index < -0.39 is 32.0 Å². The zero-order valence-corrected chi connectivity index (χ0v) is 20.8. The Kier molecular flexibility index (Phi) is 7.44. The van der Waals surface area contributed by atoms with Crippen molar-refractivity contribution in [3.8, 4) is 0 Å². The molecule has 3 aromatic rings. The Bertz CT molecular complexity index is 1400. The number of hydrogen-bond donors (Lipinski definition) is 2. The van der Waals surface area contributed by atoms with Crippen LogP contribution in [0.3, 0.4) is 0 Å². The van der Waals surface area contributed by atoms with Crippen LogP contribution in [0.2, 0.25) is 5.02 Å². The van der Waals surface area contributed by atoms with Gasteiger partial charge in [0.15, 0.2) is 0 Å². The summed E-state index contributed by atoms with van der Waals surface area (Å²) in [5.41, 5.74) is 1.16. The fourth-order valence-electron chi connectivity index (χ4n) is 3.04. The number of amides is 1. The van der Waals surface area contributed by atoms with Crippen LogP contribution < -0.4 is 14.3 Å². The Morgan fingerprint density at radius 1 is 1.00 bits per heavy atom. The fraction of sp³-hybridized carbons (Fsp3) is 0.190. The summed E-state index contributed by atoms with van der Waals surface area (Å²) >= 11 is 5.88. The molecule has 0 aliphatic rings. The molecule has 0 fully saturated rings. The van der Waals surface area contributed by atoms with Gasteiger partial charge in [0, 0.05) is 22.6 Å². The van der Waals surface area contributed by atoms with Crippen molar-refractivity contribution in [3.63, 3.8) is 0 Å². The van der Waals surface area contributed by atoms with E-state index in [1.54, 1.807) is 13.0 Å². The minimum atomic E-state index is -3.95. The third-order valence-electron chi connectivity index (χ3n) is 4.62. The summed E-state index contributed by atoms with van der Waals surface area (Å²) in [5.74, 6) is -0.670. The zero-order chi connectivity index (χ0) is 25.1. The molecule has 1 atom stereocenters. The zero-order valence-electron chi connectivity index (χ0n) is 18.4. The Hall–Kier alpha value is -3.22. The normalized spacial score (nSPS) is 12.6. The highest BCUT2D eigenvalue weighted by molar-refractivity contribution is 7.92. The molecule has 0 unspecified atom stereocenters. The molecule has 0 aliphatic carbocycles. The highest BCUT2D eigenvalue weighted by Gasteiger charge is 2.29. The molecule has 3 rings (SSSR count). The van der Waals surface area contributed by atoms with E-state index in [1.165, 1.54) is 61.7 Å². The van der Waals surface area contributed by atoms with Gasteiger partial charge in [-0.1, -0.05) is 11.6 Å². The average Bonchev–Trinajstić information content (AvgIpc) is 2.74. The van der Waals surface area contributed by atoms with E-state index >= 15 is 0 Å². The van der Waals surface area contributed by atoms with Gasteiger partial charge in [-0.3, -0.25) is 9.10 Å². The highest BCUT2D eigenvalue weighted by Crippen LogP contribution is 2.24. The largest absolute Gasteiger partial charge is 0.324 e. The molecule has 1 heterocycles. The summed E-state index contributed by atoms with van der Waals surface area (Å²) < 4.78 is 53.2. The van der Waals surface area contributed by atoms with E-state index in [0.717, 1.165) is 10.6 Å². The number of benzene rings is 2. The quantitative estimate of drug-likeness (QED) is 0.462. The molecule has 0 spiro atoms. The van der Waals surface area contributed by atoms with Crippen molar-refractivity contribution < 1.29 is 21.6 Å². The lowest BCUT2D eigenvalue weighted by atomic mass is 10.2. The van der Waals surface area contributed by atoms with E-state index in [4.69, 9.17) is 11.6 Å². The Labute approximate surface area is 203 Å². The first-order chi connectivity index (χ1) is 15.9. The van der Waals surface area contributed by atoms with Gasteiger partial charge in [0.2, 0.25) is 21.9 Å². The molecule has 34 heavy (non-hydrogen) atoms. The van der Waals surface area contributed by atoms with Gasteiger partial charge in [0.05, 0.1) is 16.8 Å². The van der Waals surface area contributed by atoms with Gasteiger partial charge >= 0.3 is 0 Å². The first-order valence-electron chi connectivity index (χ1n) is 9.85. The van der Waals surface area contributed by atoms with Crippen LogP contribution in [0, 0.1) is 6.92 Å². The lowest BCUT2D eigenvalue weighted by Crippen LogP contribution is -2.45. The van der Waals surface area contributed by atoms with Crippen molar-refractivity contribution in [1.82, 2.24) is 9.97 Å². The molecule has 0 saturated heterocycles. The number of aryl methyl sites for hydroxylation is 1. The fourth-order valence-corrected chi connectivity index (χ4v) is 5.29. The molecule has 1 amide bonds. The Morgan fingerprint density at radius 3 is 2.18 bits per heavy atom. The van der Waals surface area contributed by atoms with Crippen LogP contribution in [0.15, 0.2) is 65.7 Å². The summed E-state index contributed by atoms with van der Waals surface area (Å²) in [4.78, 5) is 20.6. The van der Waals surface area contributed by atoms with E-state index in [1.807, 2.05) is 0 Å². The number of nitrogens with one attached hydrogen (secondary N) is 2. The van der Waals surface area contributed by atoms with E-state index in [0.29, 0.717) is 10.7 Å². The molecule has 2 aromatic carbocycles. The van der Waals surface area contributed by atoms with E-state index in [2.05, 4.69) is 20.0 Å². The van der Waals surface area contributed by atoms with Gasteiger partial charge < -0.3 is 5.32 Å². The van der Waals surface area contributed by atoms with Crippen LogP contribution in [-0.2, 0) is 24.8 Å². The molecule has 13 heteroatoms. The van der Waals surface area contributed by atoms with Crippen molar-refractivity contribution in [2.45, 2.75) is 24.8 Å². The van der Waals surface area contributed by atoms with Gasteiger partial charge in [-0.05, 0) is 68.4 Å². The minimum Gasteiger partial charge on any atom is -0.324 e. The maximum atomic E-state index is 12.8. The molecule has 10 nitrogen and oxygen atoms in total. The van der Waals surface area contributed by atoms with Gasteiger partial charge in [-0.25, -0.2) is 31.5 Å². The third kappa shape index (κ3) is 6.22. The average molecular weight is 524 g/mol. The molecular weight excluding hydrogens is 502 g/mol. The van der Waals surface area contributed by atoms with Crippen LogP contribution in [0.4, 0.5) is 17.3 Å². The molecule has 180 valence electrons. The molecule has 1 aromatic heterocycles. The summed E-state index contributed by atoms with van der Waals surface area (Å²) in [6.07, 6.45) is 2.43. The number of aromatic nitrogens is 2. The Morgan fingerprint density at radius 2 is 1.62 bits per heavy atom. The predicted octanol–water partition coefficient (Wildman–Crippen LogP) is 3.03. The maximum Gasteiger partial charge on any atom is 0.264 e. The van der Waals surface area contributed by atoms with E-state index in [-0.39, 0.29) is 22.2 Å². The van der Waals surface area contributed by atoms with Crippen LogP contribution in [0.5, 0.6) is 0 Å². The monoisotopic (exact) mass is 523 g/mol. The summed E-state index contributed by atoms with van der Waals surface area (Å²) in [6, 6.07) is 12.0. The molecular formula is C21H22ClN5O5S2. The number of nitrogens with zero attached hydrogens (tertiary/aromatic N) is 3. The van der Waals surface area contributed by atoms with Gasteiger partial charge in [-0.2, -0.15) is 0 Å². The highest BCUT2D eigenvalue weighted by atomic mass is 35.5. The van der Waals surface area contributed by atoms with Crippen molar-refractivity contribution in [2.75, 3.05) is 20.6 Å². The second-order valence-electron chi connectivity index (χ2n) is 7.35. The summed E-state index contributed by atoms with van der Waals surface area (Å²) in [5, 5.41) is 3.02. The van der Waals surface area contributed by atoms with Gasteiger partial charge in [0.1, 0.15) is 6.04 Å². The number of hydrogen-bond acceptors (Lipinski definition) is 7. The van der Waals surface area contributed by atoms with Crippen LogP contribution in [-0.4, -0.2) is 45.0 Å². The van der Waals surface area contributed by atoms with Crippen molar-refractivity contribution in [2.24, 2.45) is 0 Å². The Balaban J connectivity index is 1.76. The number of sulfonamides is 2. The van der Waals surface area contributed by atoms with Crippen molar-refractivity contribution in [3.05, 3.63) is 71.5 Å².